The second kappa shape index (κ2) is 3.65. The number of rotatable bonds is 2. The van der Waals surface area contributed by atoms with Gasteiger partial charge in [0.1, 0.15) is 6.54 Å². The molecule has 0 bridgehead atoms. The Morgan fingerprint density at radius 3 is 2.57 bits per heavy atom. The maximum absolute atomic E-state index is 11.5. The highest BCUT2D eigenvalue weighted by atomic mass is 16.2. The first kappa shape index (κ1) is 10.5. The summed E-state index contributed by atoms with van der Waals surface area (Å²) >= 11 is 0. The van der Waals surface area contributed by atoms with Crippen LogP contribution in [0.3, 0.4) is 0 Å². The van der Waals surface area contributed by atoms with Gasteiger partial charge < -0.3 is 5.73 Å². The fourth-order valence-corrected chi connectivity index (χ4v) is 1.42. The van der Waals surface area contributed by atoms with Crippen LogP contribution in [0, 0.1) is 5.92 Å². The van der Waals surface area contributed by atoms with E-state index < -0.39 is 5.91 Å². The lowest BCUT2D eigenvalue weighted by Gasteiger charge is -2.25. The van der Waals surface area contributed by atoms with Crippen molar-refractivity contribution >= 4 is 17.7 Å². The first-order chi connectivity index (χ1) is 6.43. The number of nitrogens with zero attached hydrogens (tertiary/aromatic N) is 2. The molecule has 1 saturated heterocycles. The molecule has 1 unspecified atom stereocenters. The topological polar surface area (TPSA) is 83.7 Å². The van der Waals surface area contributed by atoms with E-state index in [1.807, 2.05) is 0 Å². The molecule has 0 spiro atoms. The number of primary amides is 1. The Morgan fingerprint density at radius 2 is 2.14 bits per heavy atom. The van der Waals surface area contributed by atoms with Crippen molar-refractivity contribution in [1.29, 1.82) is 0 Å². The van der Waals surface area contributed by atoms with Crippen molar-refractivity contribution < 1.29 is 14.4 Å². The zero-order valence-corrected chi connectivity index (χ0v) is 8.19. The van der Waals surface area contributed by atoms with Gasteiger partial charge in [0.15, 0.2) is 0 Å². The number of amides is 3. The second-order valence-corrected chi connectivity index (χ2v) is 3.36. The second-order valence-electron chi connectivity index (χ2n) is 3.36. The minimum absolute atomic E-state index is 0.233. The molecule has 3 amide bonds. The molecule has 0 aromatic rings. The molecule has 0 radical (unpaired) electrons. The van der Waals surface area contributed by atoms with Crippen LogP contribution in [0.1, 0.15) is 13.8 Å². The highest BCUT2D eigenvalue weighted by molar-refractivity contribution is 5.89. The van der Waals surface area contributed by atoms with Gasteiger partial charge in [-0.15, -0.1) is 0 Å². The van der Waals surface area contributed by atoms with Crippen LogP contribution < -0.4 is 5.73 Å². The summed E-state index contributed by atoms with van der Waals surface area (Å²) in [5.74, 6) is -1.39. The van der Waals surface area contributed by atoms with E-state index in [0.717, 1.165) is 5.01 Å². The maximum atomic E-state index is 11.5. The molecule has 0 aromatic carbocycles. The Balaban J connectivity index is 2.81. The number of hydrogen-bond donors (Lipinski definition) is 1. The molecule has 0 aliphatic carbocycles. The van der Waals surface area contributed by atoms with E-state index in [9.17, 15) is 14.4 Å². The zero-order chi connectivity index (χ0) is 10.9. The lowest BCUT2D eigenvalue weighted by Crippen LogP contribution is -2.46. The summed E-state index contributed by atoms with van der Waals surface area (Å²) in [6.45, 7) is 3.14. The summed E-state index contributed by atoms with van der Waals surface area (Å²) in [6.07, 6.45) is 0. The molecule has 0 aromatic heterocycles. The first-order valence-electron chi connectivity index (χ1n) is 4.31. The van der Waals surface area contributed by atoms with Crippen molar-refractivity contribution in [3.63, 3.8) is 0 Å². The molecule has 1 heterocycles. The first-order valence-corrected chi connectivity index (χ1v) is 4.31. The van der Waals surface area contributed by atoms with E-state index in [0.29, 0.717) is 6.54 Å². The SMILES string of the molecule is CC(=O)N1CC(C)C(=O)N1CC(N)=O. The van der Waals surface area contributed by atoms with Gasteiger partial charge in [0.25, 0.3) is 0 Å². The van der Waals surface area contributed by atoms with Gasteiger partial charge >= 0.3 is 0 Å². The lowest BCUT2D eigenvalue weighted by molar-refractivity contribution is -0.154. The smallest absolute Gasteiger partial charge is 0.246 e. The lowest BCUT2D eigenvalue weighted by atomic mass is 10.2. The highest BCUT2D eigenvalue weighted by Crippen LogP contribution is 2.17. The van der Waals surface area contributed by atoms with Gasteiger partial charge in [-0.25, -0.2) is 5.01 Å². The summed E-state index contributed by atoms with van der Waals surface area (Å²) in [4.78, 5) is 33.3. The van der Waals surface area contributed by atoms with Crippen LogP contribution in [0.25, 0.3) is 0 Å². The third-order valence-corrected chi connectivity index (χ3v) is 2.08. The molecule has 1 aliphatic rings. The van der Waals surface area contributed by atoms with Crippen molar-refractivity contribution in [3.8, 4) is 0 Å². The van der Waals surface area contributed by atoms with E-state index in [2.05, 4.69) is 0 Å². The predicted molar refractivity (Wildman–Crippen MR) is 47.5 cm³/mol. The van der Waals surface area contributed by atoms with Gasteiger partial charge in [0, 0.05) is 6.92 Å². The van der Waals surface area contributed by atoms with Crippen molar-refractivity contribution in [1.82, 2.24) is 10.0 Å². The van der Waals surface area contributed by atoms with Crippen LogP contribution in [-0.4, -0.2) is 40.8 Å². The van der Waals surface area contributed by atoms with Gasteiger partial charge in [-0.3, -0.25) is 19.4 Å². The normalized spacial score (nSPS) is 21.6. The summed E-state index contributed by atoms with van der Waals surface area (Å²) in [5.41, 5.74) is 4.97. The van der Waals surface area contributed by atoms with Gasteiger partial charge in [-0.1, -0.05) is 6.92 Å². The molecule has 6 heteroatoms. The van der Waals surface area contributed by atoms with Gasteiger partial charge in [0.2, 0.25) is 17.7 Å². The Bertz CT molecular complexity index is 290. The Labute approximate surface area is 81.6 Å². The van der Waals surface area contributed by atoms with Crippen LogP contribution in [0.15, 0.2) is 0 Å². The van der Waals surface area contributed by atoms with Crippen LogP contribution >= 0.6 is 0 Å². The summed E-state index contributed by atoms with van der Waals surface area (Å²) in [6, 6.07) is 0. The Morgan fingerprint density at radius 1 is 1.57 bits per heavy atom. The molecular formula is C8H13N3O3. The summed E-state index contributed by atoms with van der Waals surface area (Å²) in [7, 11) is 0. The van der Waals surface area contributed by atoms with Gasteiger partial charge in [0.05, 0.1) is 12.5 Å². The van der Waals surface area contributed by atoms with E-state index in [-0.39, 0.29) is 24.3 Å². The van der Waals surface area contributed by atoms with Crippen LogP contribution in [0.4, 0.5) is 0 Å². The fraction of sp³-hybridized carbons (Fsp3) is 0.625. The predicted octanol–water partition coefficient (Wildman–Crippen LogP) is -1.29. The van der Waals surface area contributed by atoms with E-state index in [4.69, 9.17) is 5.73 Å². The number of hydrogen-bond acceptors (Lipinski definition) is 3. The number of hydrazine groups is 1. The molecular weight excluding hydrogens is 186 g/mol. The molecule has 78 valence electrons. The van der Waals surface area contributed by atoms with Crippen LogP contribution in [-0.2, 0) is 14.4 Å². The molecule has 2 N–H and O–H groups in total. The standard InChI is InChI=1S/C8H13N3O3/c1-5-3-10(6(2)12)11(8(5)14)4-7(9)13/h5H,3-4H2,1-2H3,(H2,9,13). The van der Waals surface area contributed by atoms with E-state index >= 15 is 0 Å². The Kier molecular flexibility index (Phi) is 2.73. The molecule has 14 heavy (non-hydrogen) atoms. The minimum atomic E-state index is -0.626. The zero-order valence-electron chi connectivity index (χ0n) is 8.19. The number of nitrogens with two attached hydrogens (primary N) is 1. The van der Waals surface area contributed by atoms with Crippen molar-refractivity contribution in [2.24, 2.45) is 11.7 Å². The van der Waals surface area contributed by atoms with Crippen molar-refractivity contribution in [2.75, 3.05) is 13.1 Å². The molecule has 1 rings (SSSR count). The monoisotopic (exact) mass is 199 g/mol. The highest BCUT2D eigenvalue weighted by Gasteiger charge is 2.37. The number of carbonyl (C=O) groups is 3. The molecule has 1 aliphatic heterocycles. The maximum Gasteiger partial charge on any atom is 0.246 e. The third kappa shape index (κ3) is 1.84. The van der Waals surface area contributed by atoms with E-state index in [1.165, 1.54) is 11.9 Å². The quantitative estimate of drug-likeness (QED) is 0.600. The van der Waals surface area contributed by atoms with Crippen molar-refractivity contribution in [2.45, 2.75) is 13.8 Å². The molecule has 1 atom stereocenters. The van der Waals surface area contributed by atoms with E-state index in [1.54, 1.807) is 6.92 Å². The molecule has 6 nitrogen and oxygen atoms in total. The summed E-state index contributed by atoms with van der Waals surface area (Å²) < 4.78 is 0. The average molecular weight is 199 g/mol. The summed E-state index contributed by atoms with van der Waals surface area (Å²) in [5, 5.41) is 2.35. The Hall–Kier alpha value is -1.59. The van der Waals surface area contributed by atoms with Crippen LogP contribution in [0.5, 0.6) is 0 Å². The third-order valence-electron chi connectivity index (χ3n) is 2.08. The average Bonchev–Trinajstić information content (AvgIpc) is 2.32. The minimum Gasteiger partial charge on any atom is -0.368 e. The fourth-order valence-electron chi connectivity index (χ4n) is 1.42. The van der Waals surface area contributed by atoms with Gasteiger partial charge in [-0.2, -0.15) is 0 Å². The van der Waals surface area contributed by atoms with Crippen LogP contribution in [0.2, 0.25) is 0 Å². The van der Waals surface area contributed by atoms with Crippen molar-refractivity contribution in [3.05, 3.63) is 0 Å². The number of carbonyl (C=O) groups excluding carboxylic acids is 3. The molecule has 1 fully saturated rings. The van der Waals surface area contributed by atoms with Gasteiger partial charge in [-0.05, 0) is 0 Å². The largest absolute Gasteiger partial charge is 0.368 e. The molecule has 0 saturated carbocycles.